The smallest absolute Gasteiger partial charge is 0.154 e. The Labute approximate surface area is 126 Å². The van der Waals surface area contributed by atoms with Crippen LogP contribution < -0.4 is 12.4 Å². The number of nitrogens with zero attached hydrogens (tertiary/aromatic N) is 1. The number of halogens is 2. The minimum absolute atomic E-state index is 0. The lowest BCUT2D eigenvalue weighted by atomic mass is 10.1. The van der Waals surface area contributed by atoms with Crippen LogP contribution in [0, 0.1) is 0 Å². The molecule has 0 radical (unpaired) electrons. The molecule has 0 saturated carbocycles. The molecule has 0 saturated heterocycles. The van der Waals surface area contributed by atoms with Gasteiger partial charge in [0.05, 0.1) is 20.1 Å². The van der Waals surface area contributed by atoms with Crippen LogP contribution in [0.4, 0.5) is 0 Å². The number of rotatable bonds is 12. The monoisotopic (exact) mass is 297 g/mol. The molecule has 0 N–H and O–H groups in total. The van der Waals surface area contributed by atoms with E-state index in [9.17, 15) is 0 Å². The molecule has 0 fully saturated rings. The Morgan fingerprint density at radius 1 is 0.722 bits per heavy atom. The fourth-order valence-corrected chi connectivity index (χ4v) is 2.49. The van der Waals surface area contributed by atoms with Crippen LogP contribution in [0.25, 0.3) is 0 Å². The summed E-state index contributed by atoms with van der Waals surface area (Å²) >= 11 is 6.13. The third-order valence-electron chi connectivity index (χ3n) is 3.64. The van der Waals surface area contributed by atoms with Gasteiger partial charge in [-0.3, -0.25) is 0 Å². The Hall–Kier alpha value is 0.540. The van der Waals surface area contributed by atoms with Crippen LogP contribution in [0.15, 0.2) is 0 Å². The summed E-state index contributed by atoms with van der Waals surface area (Å²) in [6.07, 6.45) is 12.3. The highest BCUT2D eigenvalue weighted by Gasteiger charge is 2.18. The van der Waals surface area contributed by atoms with Crippen LogP contribution in [0.5, 0.6) is 0 Å². The molecule has 0 aromatic rings. The van der Waals surface area contributed by atoms with Gasteiger partial charge in [-0.05, 0) is 25.7 Å². The highest BCUT2D eigenvalue weighted by molar-refractivity contribution is 6.16. The molecule has 3 heteroatoms. The molecule has 18 heavy (non-hydrogen) atoms. The molecule has 0 aliphatic heterocycles. The van der Waals surface area contributed by atoms with Crippen LogP contribution in [-0.2, 0) is 0 Å². The maximum absolute atomic E-state index is 6.13. The second-order valence-electron chi connectivity index (χ2n) is 5.66. The van der Waals surface area contributed by atoms with Crippen molar-refractivity contribution < 1.29 is 16.9 Å². The third kappa shape index (κ3) is 11.6. The molecule has 0 aromatic carbocycles. The van der Waals surface area contributed by atoms with Crippen molar-refractivity contribution in [2.24, 2.45) is 0 Å². The molecule has 112 valence electrons. The average molecular weight is 298 g/mol. The number of unbranched alkanes of at least 4 members (excludes halogenated alkanes) is 7. The fraction of sp³-hybridized carbons (Fsp3) is 1.00. The predicted octanol–water partition coefficient (Wildman–Crippen LogP) is 2.18. The molecule has 0 heterocycles. The van der Waals surface area contributed by atoms with Gasteiger partial charge in [0.15, 0.2) is 6.00 Å². The number of quaternary nitrogens is 1. The van der Waals surface area contributed by atoms with Crippen LogP contribution in [-0.4, -0.2) is 30.6 Å². The molecule has 1 nitrogen and oxygen atoms in total. The SMILES string of the molecule is CCCCCCC[N+](C)(CCl)CCCCCC.[Cl-]. The molecule has 0 bridgehead atoms. The van der Waals surface area contributed by atoms with Crippen molar-refractivity contribution >= 4 is 11.6 Å². The van der Waals surface area contributed by atoms with Gasteiger partial charge in [-0.25, -0.2) is 0 Å². The third-order valence-corrected chi connectivity index (χ3v) is 4.22. The zero-order chi connectivity index (χ0) is 13.0. The van der Waals surface area contributed by atoms with Gasteiger partial charge in [0.2, 0.25) is 0 Å². The van der Waals surface area contributed by atoms with Gasteiger partial charge in [0.25, 0.3) is 0 Å². The zero-order valence-corrected chi connectivity index (χ0v) is 14.2. The van der Waals surface area contributed by atoms with Crippen molar-refractivity contribution in [2.45, 2.75) is 71.6 Å². The van der Waals surface area contributed by atoms with E-state index < -0.39 is 0 Å². The normalized spacial score (nSPS) is 14.0. The van der Waals surface area contributed by atoms with E-state index in [1.165, 1.54) is 70.9 Å². The van der Waals surface area contributed by atoms with Crippen molar-refractivity contribution in [3.63, 3.8) is 0 Å². The van der Waals surface area contributed by atoms with E-state index in [-0.39, 0.29) is 12.4 Å². The highest BCUT2D eigenvalue weighted by Crippen LogP contribution is 2.13. The molecular formula is C15H33Cl2N. The van der Waals surface area contributed by atoms with E-state index in [1.807, 2.05) is 0 Å². The molecule has 0 amide bonds. The van der Waals surface area contributed by atoms with Gasteiger partial charge >= 0.3 is 0 Å². The van der Waals surface area contributed by atoms with Crippen molar-refractivity contribution in [3.8, 4) is 0 Å². The van der Waals surface area contributed by atoms with Crippen molar-refractivity contribution in [1.82, 2.24) is 0 Å². The van der Waals surface area contributed by atoms with E-state index in [4.69, 9.17) is 11.6 Å². The Kier molecular flexibility index (Phi) is 16.2. The Bertz CT molecular complexity index is 165. The maximum atomic E-state index is 6.13. The summed E-state index contributed by atoms with van der Waals surface area (Å²) in [5, 5.41) is 0. The molecule has 0 aromatic heterocycles. The summed E-state index contributed by atoms with van der Waals surface area (Å²) < 4.78 is 1.07. The van der Waals surface area contributed by atoms with E-state index in [2.05, 4.69) is 20.9 Å². The molecular weight excluding hydrogens is 265 g/mol. The van der Waals surface area contributed by atoms with Crippen molar-refractivity contribution in [3.05, 3.63) is 0 Å². The van der Waals surface area contributed by atoms with E-state index in [0.29, 0.717) is 0 Å². The van der Waals surface area contributed by atoms with Gasteiger partial charge in [0, 0.05) is 0 Å². The first-order chi connectivity index (χ1) is 8.18. The highest BCUT2D eigenvalue weighted by atomic mass is 35.5. The van der Waals surface area contributed by atoms with Gasteiger partial charge in [-0.2, -0.15) is 0 Å². The Morgan fingerprint density at radius 2 is 1.11 bits per heavy atom. The summed E-state index contributed by atoms with van der Waals surface area (Å²) in [7, 11) is 2.32. The largest absolute Gasteiger partial charge is 1.00 e. The van der Waals surface area contributed by atoms with Gasteiger partial charge < -0.3 is 16.9 Å². The lowest BCUT2D eigenvalue weighted by Crippen LogP contribution is -3.00. The van der Waals surface area contributed by atoms with Gasteiger partial charge in [-0.15, -0.1) is 0 Å². The standard InChI is InChI=1S/C15H33ClN.ClH/c1-4-6-8-10-12-14-17(3,15-16)13-11-9-7-5-2;/h4-15H2,1-3H3;1H/q+1;/p-1. The van der Waals surface area contributed by atoms with Gasteiger partial charge in [0.1, 0.15) is 0 Å². The lowest BCUT2D eigenvalue weighted by Gasteiger charge is -2.32. The first-order valence-corrected chi connectivity index (χ1v) is 8.11. The lowest BCUT2D eigenvalue weighted by molar-refractivity contribution is -0.899. The fourth-order valence-electron chi connectivity index (χ4n) is 2.25. The molecule has 0 aliphatic rings. The molecule has 0 aliphatic carbocycles. The Morgan fingerprint density at radius 3 is 1.50 bits per heavy atom. The van der Waals surface area contributed by atoms with Crippen LogP contribution in [0.3, 0.4) is 0 Å². The number of alkyl halides is 1. The summed E-state index contributed by atoms with van der Waals surface area (Å²) in [5.41, 5.74) is 0. The van der Waals surface area contributed by atoms with Gasteiger partial charge in [-0.1, -0.05) is 57.6 Å². The summed E-state index contributed by atoms with van der Waals surface area (Å²) in [6.45, 7) is 7.06. The van der Waals surface area contributed by atoms with Crippen LogP contribution in [0.1, 0.15) is 71.6 Å². The van der Waals surface area contributed by atoms with Crippen LogP contribution >= 0.6 is 11.6 Å². The van der Waals surface area contributed by atoms with Crippen LogP contribution in [0.2, 0.25) is 0 Å². The topological polar surface area (TPSA) is 0 Å². The van der Waals surface area contributed by atoms with Crippen molar-refractivity contribution in [1.29, 1.82) is 0 Å². The average Bonchev–Trinajstić information content (AvgIpc) is 2.34. The quantitative estimate of drug-likeness (QED) is 0.224. The number of hydrogen-bond acceptors (Lipinski definition) is 0. The first kappa shape index (κ1) is 20.8. The summed E-state index contributed by atoms with van der Waals surface area (Å²) in [6, 6.07) is 0.778. The molecule has 0 spiro atoms. The second-order valence-corrected chi connectivity index (χ2v) is 5.90. The summed E-state index contributed by atoms with van der Waals surface area (Å²) in [4.78, 5) is 0. The Balaban J connectivity index is 0. The van der Waals surface area contributed by atoms with E-state index >= 15 is 0 Å². The molecule has 1 atom stereocenters. The van der Waals surface area contributed by atoms with E-state index in [1.54, 1.807) is 0 Å². The minimum Gasteiger partial charge on any atom is -1.00 e. The number of hydrogen-bond donors (Lipinski definition) is 0. The zero-order valence-electron chi connectivity index (χ0n) is 12.7. The van der Waals surface area contributed by atoms with Crippen molar-refractivity contribution in [2.75, 3.05) is 26.1 Å². The minimum atomic E-state index is 0. The van der Waals surface area contributed by atoms with E-state index in [0.717, 1.165) is 10.5 Å². The first-order valence-electron chi connectivity index (χ1n) is 7.58. The summed E-state index contributed by atoms with van der Waals surface area (Å²) in [5.74, 6) is 0. The predicted molar refractivity (Wildman–Crippen MR) is 79.5 cm³/mol. The maximum Gasteiger partial charge on any atom is 0.154 e. The molecule has 0 rings (SSSR count). The second kappa shape index (κ2) is 14.0. The molecule has 1 unspecified atom stereocenters.